The highest BCUT2D eigenvalue weighted by Gasteiger charge is 2.45. The molecule has 1 atom stereocenters. The average Bonchev–Trinajstić information content (AvgIpc) is 3.15. The Bertz CT molecular complexity index is 867. The van der Waals surface area contributed by atoms with E-state index in [1.807, 2.05) is 0 Å². The Labute approximate surface area is 160 Å². The van der Waals surface area contributed by atoms with Crippen LogP contribution in [0.15, 0.2) is 12.5 Å². The Balaban J connectivity index is 2.11. The molecule has 2 aromatic rings. The number of hydrogen-bond acceptors (Lipinski definition) is 5. The molecule has 1 aromatic carbocycles. The van der Waals surface area contributed by atoms with Gasteiger partial charge in [0, 0.05) is 18.3 Å². The molecule has 0 spiro atoms. The number of carbonyl (C=O) groups is 3. The molecule has 0 fully saturated rings. The number of nitrogens with zero attached hydrogens (tertiary/aromatic N) is 2. The van der Waals surface area contributed by atoms with Crippen LogP contribution in [0.2, 0.25) is 20.1 Å². The van der Waals surface area contributed by atoms with Crippen LogP contribution in [0.5, 0.6) is 0 Å². The van der Waals surface area contributed by atoms with Crippen LogP contribution in [0.4, 0.5) is 0 Å². The van der Waals surface area contributed by atoms with Gasteiger partial charge in [0.25, 0.3) is 11.8 Å². The second-order valence-corrected chi connectivity index (χ2v) is 6.61. The van der Waals surface area contributed by atoms with Gasteiger partial charge in [-0.15, -0.1) is 0 Å². The number of carbonyl (C=O) groups excluding carboxylic acids is 3. The molecule has 25 heavy (non-hydrogen) atoms. The molecule has 0 saturated heterocycles. The second kappa shape index (κ2) is 6.49. The number of amides is 2. The van der Waals surface area contributed by atoms with Crippen LogP contribution in [-0.2, 0) is 11.2 Å². The molecule has 1 N–H and O–H groups in total. The lowest BCUT2D eigenvalue weighted by atomic mass is 10.1. The van der Waals surface area contributed by atoms with Crippen LogP contribution >= 0.6 is 46.4 Å². The largest absolute Gasteiger partial charge is 0.548 e. The maximum atomic E-state index is 12.7. The van der Waals surface area contributed by atoms with Gasteiger partial charge in [-0.3, -0.25) is 14.5 Å². The van der Waals surface area contributed by atoms with E-state index in [1.54, 1.807) is 0 Å². The zero-order chi connectivity index (χ0) is 18.5. The monoisotopic (exact) mass is 420 g/mol. The van der Waals surface area contributed by atoms with E-state index >= 15 is 0 Å². The fourth-order valence-corrected chi connectivity index (χ4v) is 3.55. The van der Waals surface area contributed by atoms with Crippen molar-refractivity contribution < 1.29 is 19.5 Å². The van der Waals surface area contributed by atoms with Crippen molar-refractivity contribution in [3.8, 4) is 0 Å². The smallest absolute Gasteiger partial charge is 0.263 e. The lowest BCUT2D eigenvalue weighted by Crippen LogP contribution is -2.51. The molecule has 2 heterocycles. The second-order valence-electron chi connectivity index (χ2n) is 5.10. The number of fused-ring (bicyclic) bond motifs is 1. The van der Waals surface area contributed by atoms with Gasteiger partial charge < -0.3 is 14.9 Å². The Morgan fingerprint density at radius 2 is 1.60 bits per heavy atom. The molecule has 0 bridgehead atoms. The highest BCUT2D eigenvalue weighted by atomic mass is 35.5. The highest BCUT2D eigenvalue weighted by Crippen LogP contribution is 2.45. The van der Waals surface area contributed by atoms with E-state index in [-0.39, 0.29) is 37.6 Å². The number of benzene rings is 1. The molecule has 130 valence electrons. The summed E-state index contributed by atoms with van der Waals surface area (Å²) in [4.78, 5) is 43.8. The number of nitrogens with one attached hydrogen (secondary N) is 1. The lowest BCUT2D eigenvalue weighted by molar-refractivity contribution is -0.310. The van der Waals surface area contributed by atoms with E-state index in [4.69, 9.17) is 46.4 Å². The summed E-state index contributed by atoms with van der Waals surface area (Å²) in [5.74, 6) is -3.52. The highest BCUT2D eigenvalue weighted by molar-refractivity contribution is 6.55. The van der Waals surface area contributed by atoms with E-state index in [0.717, 1.165) is 0 Å². The number of aliphatic carboxylic acids is 1. The summed E-state index contributed by atoms with van der Waals surface area (Å²) in [5, 5.41) is 10.6. The molecule has 11 heteroatoms. The maximum Gasteiger partial charge on any atom is 0.263 e. The van der Waals surface area contributed by atoms with Crippen LogP contribution in [-0.4, -0.2) is 38.7 Å². The van der Waals surface area contributed by atoms with Crippen LogP contribution in [0.3, 0.4) is 0 Å². The predicted octanol–water partition coefficient (Wildman–Crippen LogP) is 1.98. The average molecular weight is 422 g/mol. The van der Waals surface area contributed by atoms with Gasteiger partial charge in [-0.05, 0) is 0 Å². The number of carboxylic acids is 1. The summed E-state index contributed by atoms with van der Waals surface area (Å²) in [5.41, 5.74) is -0.192. The minimum atomic E-state index is -1.63. The summed E-state index contributed by atoms with van der Waals surface area (Å²) in [6.07, 6.45) is 2.46. The van der Waals surface area contributed by atoms with E-state index in [1.165, 1.54) is 12.5 Å². The molecule has 7 nitrogen and oxygen atoms in total. The molecule has 1 unspecified atom stereocenters. The fraction of sp³-hybridized carbons (Fsp3) is 0.143. The van der Waals surface area contributed by atoms with Crippen molar-refractivity contribution in [2.45, 2.75) is 12.5 Å². The Morgan fingerprint density at radius 3 is 2.00 bits per heavy atom. The van der Waals surface area contributed by atoms with E-state index in [0.29, 0.717) is 10.6 Å². The normalized spacial score (nSPS) is 14.8. The number of halogens is 4. The van der Waals surface area contributed by atoms with Gasteiger partial charge in [0.05, 0.1) is 49.6 Å². The number of aromatic amines is 1. The molecule has 1 aromatic heterocycles. The SMILES string of the molecule is O=C([O-])C(Cc1cnc[nH]1)N1C(=O)c2c(Cl)c(Cl)c(Cl)c(Cl)c2C1=O. The van der Waals surface area contributed by atoms with Crippen molar-refractivity contribution in [1.29, 1.82) is 0 Å². The molecule has 1 aliphatic heterocycles. The number of carboxylic acid groups (broad SMARTS) is 1. The lowest BCUT2D eigenvalue weighted by Gasteiger charge is -2.26. The van der Waals surface area contributed by atoms with Gasteiger partial charge in [0.1, 0.15) is 0 Å². The van der Waals surface area contributed by atoms with Crippen LogP contribution in [0.1, 0.15) is 26.4 Å². The molecular formula is C14H6Cl4N3O4-. The predicted molar refractivity (Wildman–Crippen MR) is 88.1 cm³/mol. The first-order valence-corrected chi connectivity index (χ1v) is 8.18. The number of aromatic nitrogens is 2. The first-order chi connectivity index (χ1) is 11.8. The van der Waals surface area contributed by atoms with Gasteiger partial charge in [0.15, 0.2) is 0 Å². The maximum absolute atomic E-state index is 12.7. The third kappa shape index (κ3) is 2.77. The van der Waals surface area contributed by atoms with Crippen molar-refractivity contribution in [1.82, 2.24) is 14.9 Å². The summed E-state index contributed by atoms with van der Waals surface area (Å²) in [6, 6.07) is -1.60. The Morgan fingerprint density at radius 1 is 1.08 bits per heavy atom. The van der Waals surface area contributed by atoms with Crippen LogP contribution in [0, 0.1) is 0 Å². The van der Waals surface area contributed by atoms with Crippen LogP contribution in [0.25, 0.3) is 0 Å². The molecule has 3 rings (SSSR count). The van der Waals surface area contributed by atoms with Crippen LogP contribution < -0.4 is 5.11 Å². The van der Waals surface area contributed by atoms with Gasteiger partial charge in [-0.25, -0.2) is 4.98 Å². The zero-order valence-corrected chi connectivity index (χ0v) is 15.0. The number of imide groups is 1. The molecule has 0 aliphatic carbocycles. The molecule has 0 radical (unpaired) electrons. The van der Waals surface area contributed by atoms with Crippen molar-refractivity contribution in [2.75, 3.05) is 0 Å². The minimum absolute atomic E-state index is 0.200. The third-order valence-corrected chi connectivity index (χ3v) is 5.49. The minimum Gasteiger partial charge on any atom is -0.548 e. The standard InChI is InChI=1S/C14H7Cl4N3O4/c15-8-6-7(9(16)11(18)10(8)17)13(23)21(12(6)22)5(14(24)25)1-4-2-19-3-20-4/h2-3,5H,1H2,(H,19,20)(H,24,25)/p-1. The van der Waals surface area contributed by atoms with E-state index in [9.17, 15) is 19.5 Å². The molecule has 2 amide bonds. The van der Waals surface area contributed by atoms with Crippen molar-refractivity contribution >= 4 is 64.2 Å². The Hall–Kier alpha value is -1.80. The number of hydrogen-bond donors (Lipinski definition) is 1. The van der Waals surface area contributed by atoms with Gasteiger partial charge in [0.2, 0.25) is 0 Å². The first-order valence-electron chi connectivity index (χ1n) is 6.67. The van der Waals surface area contributed by atoms with Gasteiger partial charge in [-0.1, -0.05) is 46.4 Å². The number of rotatable bonds is 4. The van der Waals surface area contributed by atoms with Gasteiger partial charge >= 0.3 is 0 Å². The first kappa shape index (κ1) is 18.0. The summed E-state index contributed by atoms with van der Waals surface area (Å²) in [7, 11) is 0. The molecule has 0 saturated carbocycles. The van der Waals surface area contributed by atoms with Gasteiger partial charge in [-0.2, -0.15) is 0 Å². The molecular weight excluding hydrogens is 416 g/mol. The van der Waals surface area contributed by atoms with Crippen molar-refractivity contribution in [3.05, 3.63) is 49.4 Å². The topological polar surface area (TPSA) is 106 Å². The summed E-state index contributed by atoms with van der Waals surface area (Å²) >= 11 is 23.9. The fourth-order valence-electron chi connectivity index (χ4n) is 2.53. The summed E-state index contributed by atoms with van der Waals surface area (Å²) in [6.45, 7) is 0. The van der Waals surface area contributed by atoms with E-state index in [2.05, 4.69) is 9.97 Å². The zero-order valence-electron chi connectivity index (χ0n) is 12.0. The Kier molecular flexibility index (Phi) is 4.68. The quantitative estimate of drug-likeness (QED) is 0.461. The number of H-pyrrole nitrogens is 1. The van der Waals surface area contributed by atoms with Crippen molar-refractivity contribution in [3.63, 3.8) is 0 Å². The van der Waals surface area contributed by atoms with Crippen molar-refractivity contribution in [2.24, 2.45) is 0 Å². The third-order valence-electron chi connectivity index (χ3n) is 3.68. The molecule has 1 aliphatic rings. The number of imidazole rings is 1. The summed E-state index contributed by atoms with van der Waals surface area (Å²) < 4.78 is 0. The van der Waals surface area contributed by atoms with E-state index < -0.39 is 23.8 Å².